The average molecular weight is 383 g/mol. The second-order valence-electron chi connectivity index (χ2n) is 6.10. The van der Waals surface area contributed by atoms with Crippen LogP contribution in [0, 0.1) is 18.3 Å². The molecule has 0 bridgehead atoms. The molecule has 0 aliphatic heterocycles. The van der Waals surface area contributed by atoms with Crippen LogP contribution in [-0.4, -0.2) is 15.2 Å². The summed E-state index contributed by atoms with van der Waals surface area (Å²) in [5, 5.41) is 19.1. The molecule has 1 aliphatic rings. The molecule has 26 heavy (non-hydrogen) atoms. The predicted molar refractivity (Wildman–Crippen MR) is 100 cm³/mol. The molecule has 0 saturated carbocycles. The van der Waals surface area contributed by atoms with Crippen LogP contribution >= 0.6 is 23.4 Å². The van der Waals surface area contributed by atoms with Gasteiger partial charge in [-0.15, -0.1) is 10.2 Å². The van der Waals surface area contributed by atoms with E-state index in [2.05, 4.69) is 16.3 Å². The van der Waals surface area contributed by atoms with Crippen LogP contribution in [0.1, 0.15) is 34.7 Å². The van der Waals surface area contributed by atoms with E-state index in [0.29, 0.717) is 28.1 Å². The van der Waals surface area contributed by atoms with Gasteiger partial charge in [-0.05, 0) is 61.6 Å². The Kier molecular flexibility index (Phi) is 4.66. The lowest BCUT2D eigenvalue weighted by Crippen LogP contribution is -2.00. The molecule has 0 amide bonds. The first-order valence-electron chi connectivity index (χ1n) is 8.29. The van der Waals surface area contributed by atoms with Gasteiger partial charge in [0.25, 0.3) is 0 Å². The van der Waals surface area contributed by atoms with Crippen molar-refractivity contribution in [1.29, 1.82) is 5.26 Å². The van der Waals surface area contributed by atoms with Gasteiger partial charge < -0.3 is 4.42 Å². The number of pyridine rings is 1. The van der Waals surface area contributed by atoms with E-state index < -0.39 is 0 Å². The zero-order valence-corrected chi connectivity index (χ0v) is 15.7. The molecule has 2 heterocycles. The molecule has 0 radical (unpaired) electrons. The summed E-state index contributed by atoms with van der Waals surface area (Å²) in [7, 11) is 0. The summed E-state index contributed by atoms with van der Waals surface area (Å²) in [6, 6.07) is 9.55. The Labute approximate surface area is 160 Å². The Morgan fingerprint density at radius 1 is 1.23 bits per heavy atom. The van der Waals surface area contributed by atoms with Gasteiger partial charge >= 0.3 is 0 Å². The van der Waals surface area contributed by atoms with Gasteiger partial charge in [0.15, 0.2) is 0 Å². The number of fused-ring (bicyclic) bond motifs is 1. The van der Waals surface area contributed by atoms with Crippen molar-refractivity contribution in [2.24, 2.45) is 0 Å². The van der Waals surface area contributed by atoms with Crippen molar-refractivity contribution in [2.75, 3.05) is 0 Å². The number of hydrogen-bond acceptors (Lipinski definition) is 6. The highest BCUT2D eigenvalue weighted by Crippen LogP contribution is 2.33. The van der Waals surface area contributed by atoms with E-state index in [0.717, 1.165) is 41.1 Å². The third-order valence-electron chi connectivity index (χ3n) is 4.47. The van der Waals surface area contributed by atoms with Crippen molar-refractivity contribution in [1.82, 2.24) is 15.2 Å². The Morgan fingerprint density at radius 3 is 2.81 bits per heavy atom. The van der Waals surface area contributed by atoms with Crippen LogP contribution in [0.2, 0.25) is 5.02 Å². The lowest BCUT2D eigenvalue weighted by atomic mass is 10.0. The number of rotatable bonds is 4. The Bertz CT molecular complexity index is 1010. The molecule has 0 fully saturated rings. The fourth-order valence-corrected chi connectivity index (χ4v) is 4.15. The number of nitrogens with zero attached hydrogens (tertiary/aromatic N) is 4. The molecule has 0 spiro atoms. The standard InChI is InChI=1S/C19H15ClN4OS/c1-11-14-3-2-4-16(14)22-19(15(11)9-21)26-10-17-23-24-18(25-17)12-5-7-13(20)8-6-12/h5-8H,2-4,10H2,1H3. The molecule has 1 aliphatic carbocycles. The number of aromatic nitrogens is 3. The fourth-order valence-electron chi connectivity index (χ4n) is 3.13. The molecule has 2 aromatic heterocycles. The minimum absolute atomic E-state index is 0.455. The Morgan fingerprint density at radius 2 is 2.04 bits per heavy atom. The minimum Gasteiger partial charge on any atom is -0.420 e. The van der Waals surface area contributed by atoms with Gasteiger partial charge in [0.05, 0.1) is 11.3 Å². The van der Waals surface area contributed by atoms with E-state index in [1.807, 2.05) is 19.1 Å². The van der Waals surface area contributed by atoms with Crippen LogP contribution < -0.4 is 0 Å². The summed E-state index contributed by atoms with van der Waals surface area (Å²) in [6.45, 7) is 2.01. The van der Waals surface area contributed by atoms with Gasteiger partial charge in [0.1, 0.15) is 11.1 Å². The minimum atomic E-state index is 0.455. The lowest BCUT2D eigenvalue weighted by molar-refractivity contribution is 0.528. The van der Waals surface area contributed by atoms with Crippen LogP contribution in [0.25, 0.3) is 11.5 Å². The van der Waals surface area contributed by atoms with Crippen LogP contribution in [0.15, 0.2) is 33.7 Å². The maximum absolute atomic E-state index is 9.54. The summed E-state index contributed by atoms with van der Waals surface area (Å²) < 4.78 is 5.73. The van der Waals surface area contributed by atoms with Crippen molar-refractivity contribution in [3.05, 3.63) is 57.6 Å². The summed E-state index contributed by atoms with van der Waals surface area (Å²) in [5.74, 6) is 1.43. The number of aryl methyl sites for hydroxylation is 1. The normalized spacial score (nSPS) is 12.8. The summed E-state index contributed by atoms with van der Waals surface area (Å²) in [4.78, 5) is 4.71. The van der Waals surface area contributed by atoms with E-state index in [-0.39, 0.29) is 0 Å². The summed E-state index contributed by atoms with van der Waals surface area (Å²) in [6.07, 6.45) is 3.11. The quantitative estimate of drug-likeness (QED) is 0.606. The van der Waals surface area contributed by atoms with Crippen LogP contribution in [0.4, 0.5) is 0 Å². The van der Waals surface area contributed by atoms with E-state index in [1.165, 1.54) is 17.3 Å². The van der Waals surface area contributed by atoms with E-state index >= 15 is 0 Å². The van der Waals surface area contributed by atoms with Gasteiger partial charge in [-0.3, -0.25) is 0 Å². The average Bonchev–Trinajstić information content (AvgIpc) is 3.30. The van der Waals surface area contributed by atoms with E-state index in [4.69, 9.17) is 21.0 Å². The highest BCUT2D eigenvalue weighted by atomic mass is 35.5. The molecule has 4 rings (SSSR count). The Balaban J connectivity index is 1.54. The van der Waals surface area contributed by atoms with Crippen LogP contribution in [0.5, 0.6) is 0 Å². The first-order valence-corrected chi connectivity index (χ1v) is 9.65. The maximum atomic E-state index is 9.54. The summed E-state index contributed by atoms with van der Waals surface area (Å²) in [5.41, 5.74) is 4.91. The van der Waals surface area contributed by atoms with Gasteiger partial charge in [-0.1, -0.05) is 23.4 Å². The Hall–Kier alpha value is -2.36. The SMILES string of the molecule is Cc1c(C#N)c(SCc2nnc(-c3ccc(Cl)cc3)o2)nc2c1CCC2. The highest BCUT2D eigenvalue weighted by Gasteiger charge is 2.21. The van der Waals surface area contributed by atoms with Crippen LogP contribution in [-0.2, 0) is 18.6 Å². The smallest absolute Gasteiger partial charge is 0.247 e. The zero-order valence-electron chi connectivity index (χ0n) is 14.1. The molecule has 7 heteroatoms. The number of hydrogen-bond donors (Lipinski definition) is 0. The second-order valence-corrected chi connectivity index (χ2v) is 7.50. The number of benzene rings is 1. The van der Waals surface area contributed by atoms with Crippen LogP contribution in [0.3, 0.4) is 0 Å². The van der Waals surface area contributed by atoms with Crippen molar-refractivity contribution >= 4 is 23.4 Å². The molecule has 130 valence electrons. The number of thioether (sulfide) groups is 1. The monoisotopic (exact) mass is 382 g/mol. The van der Waals surface area contributed by atoms with Gasteiger partial charge in [-0.2, -0.15) is 5.26 Å². The predicted octanol–water partition coefficient (Wildman–Crippen LogP) is 4.75. The molecule has 3 aromatic rings. The highest BCUT2D eigenvalue weighted by molar-refractivity contribution is 7.98. The summed E-state index contributed by atoms with van der Waals surface area (Å²) >= 11 is 7.37. The third-order valence-corrected chi connectivity index (χ3v) is 5.68. The first-order chi connectivity index (χ1) is 12.7. The van der Waals surface area contributed by atoms with Gasteiger partial charge in [-0.25, -0.2) is 4.98 Å². The maximum Gasteiger partial charge on any atom is 0.247 e. The van der Waals surface area contributed by atoms with Crippen molar-refractivity contribution in [3.63, 3.8) is 0 Å². The first kappa shape index (κ1) is 17.1. The van der Waals surface area contributed by atoms with Gasteiger partial charge in [0, 0.05) is 16.3 Å². The van der Waals surface area contributed by atoms with Crippen molar-refractivity contribution in [3.8, 4) is 17.5 Å². The molecule has 0 saturated heterocycles. The molecule has 0 atom stereocenters. The largest absolute Gasteiger partial charge is 0.420 e. The van der Waals surface area contributed by atoms with E-state index in [1.54, 1.807) is 12.1 Å². The molecule has 1 aromatic carbocycles. The van der Waals surface area contributed by atoms with Gasteiger partial charge in [0.2, 0.25) is 11.8 Å². The second kappa shape index (κ2) is 7.10. The third kappa shape index (κ3) is 3.20. The fraction of sp³-hybridized carbons (Fsp3) is 0.263. The molecule has 0 N–H and O–H groups in total. The molecular formula is C19H15ClN4OS. The zero-order chi connectivity index (χ0) is 18.1. The van der Waals surface area contributed by atoms with E-state index in [9.17, 15) is 5.26 Å². The number of nitriles is 1. The molecule has 0 unspecified atom stereocenters. The topological polar surface area (TPSA) is 75.6 Å². The van der Waals surface area contributed by atoms with Crippen molar-refractivity contribution in [2.45, 2.75) is 37.0 Å². The lowest BCUT2D eigenvalue weighted by Gasteiger charge is -2.10. The number of halogens is 1. The molecular weight excluding hydrogens is 368 g/mol. The van der Waals surface area contributed by atoms with Crippen molar-refractivity contribution < 1.29 is 4.42 Å². The molecule has 5 nitrogen and oxygen atoms in total.